The summed E-state index contributed by atoms with van der Waals surface area (Å²) in [6.07, 6.45) is 0.875. The fraction of sp³-hybridized carbons (Fsp3) is 1.00. The Labute approximate surface area is 92.5 Å². The molecule has 1 aliphatic rings. The van der Waals surface area contributed by atoms with E-state index in [-0.39, 0.29) is 30.9 Å². The minimum absolute atomic E-state index is 0. The van der Waals surface area contributed by atoms with Crippen LogP contribution in [0.4, 0.5) is 0 Å². The van der Waals surface area contributed by atoms with Crippen LogP contribution in [-0.2, 0) is 0 Å². The van der Waals surface area contributed by atoms with Crippen molar-refractivity contribution in [2.75, 3.05) is 19.6 Å². The molecule has 0 aromatic heterocycles. The van der Waals surface area contributed by atoms with E-state index in [2.05, 4.69) is 4.90 Å². The van der Waals surface area contributed by atoms with Gasteiger partial charge in [-0.2, -0.15) is 0 Å². The molecule has 0 aromatic carbocycles. The van der Waals surface area contributed by atoms with E-state index in [1.54, 1.807) is 0 Å². The van der Waals surface area contributed by atoms with E-state index < -0.39 is 5.60 Å². The average molecular weight is 231 g/mol. The molecule has 0 unspecified atom stereocenters. The van der Waals surface area contributed by atoms with Crippen LogP contribution in [0.15, 0.2) is 0 Å². The third-order valence-electron chi connectivity index (χ3n) is 2.08. The van der Waals surface area contributed by atoms with Crippen LogP contribution >= 0.6 is 24.8 Å². The van der Waals surface area contributed by atoms with Gasteiger partial charge in [-0.3, -0.25) is 4.90 Å². The molecule has 5 heteroatoms. The maximum atomic E-state index is 9.60. The first kappa shape index (κ1) is 15.9. The van der Waals surface area contributed by atoms with E-state index in [9.17, 15) is 5.11 Å². The highest BCUT2D eigenvalue weighted by Gasteiger charge is 2.31. The second-order valence-corrected chi connectivity index (χ2v) is 3.96. The van der Waals surface area contributed by atoms with Crippen molar-refractivity contribution in [3.63, 3.8) is 0 Å². The van der Waals surface area contributed by atoms with Gasteiger partial charge in [-0.25, -0.2) is 0 Å². The summed E-state index contributed by atoms with van der Waals surface area (Å²) in [4.78, 5) is 2.21. The lowest BCUT2D eigenvalue weighted by atomic mass is 10.1. The zero-order valence-electron chi connectivity index (χ0n) is 8.19. The first-order chi connectivity index (χ1) is 4.99. The second-order valence-electron chi connectivity index (χ2n) is 3.96. The second kappa shape index (κ2) is 6.04. The Bertz CT molecular complexity index is 142. The predicted molar refractivity (Wildman–Crippen MR) is 59.8 cm³/mol. The quantitative estimate of drug-likeness (QED) is 0.733. The van der Waals surface area contributed by atoms with E-state index in [1.807, 2.05) is 13.8 Å². The van der Waals surface area contributed by atoms with Crippen molar-refractivity contribution in [3.05, 3.63) is 0 Å². The Balaban J connectivity index is 0. The molecule has 1 saturated heterocycles. The monoisotopic (exact) mass is 230 g/mol. The fourth-order valence-electron chi connectivity index (χ4n) is 1.60. The van der Waals surface area contributed by atoms with E-state index in [0.717, 1.165) is 26.1 Å². The van der Waals surface area contributed by atoms with Gasteiger partial charge in [0.25, 0.3) is 0 Å². The number of β-amino-alcohol motifs (C(OH)–C–C–N with tert-alkyl or cyclic N) is 1. The van der Waals surface area contributed by atoms with Crippen LogP contribution in [0.5, 0.6) is 0 Å². The minimum atomic E-state index is -0.477. The van der Waals surface area contributed by atoms with E-state index in [1.165, 1.54) is 0 Å². The number of likely N-dealkylation sites (tertiary alicyclic amines) is 1. The van der Waals surface area contributed by atoms with Gasteiger partial charge in [0.2, 0.25) is 0 Å². The van der Waals surface area contributed by atoms with Gasteiger partial charge < -0.3 is 10.8 Å². The summed E-state index contributed by atoms with van der Waals surface area (Å²) in [7, 11) is 0. The number of aliphatic hydroxyl groups is 1. The van der Waals surface area contributed by atoms with Crippen LogP contribution in [0.1, 0.15) is 20.3 Å². The largest absolute Gasteiger partial charge is 0.389 e. The van der Waals surface area contributed by atoms with Crippen LogP contribution in [0, 0.1) is 0 Å². The van der Waals surface area contributed by atoms with Crippen LogP contribution in [0.3, 0.4) is 0 Å². The molecule has 0 amide bonds. The van der Waals surface area contributed by atoms with Gasteiger partial charge in [0, 0.05) is 25.7 Å². The van der Waals surface area contributed by atoms with E-state index >= 15 is 0 Å². The summed E-state index contributed by atoms with van der Waals surface area (Å²) in [5, 5.41) is 9.60. The Kier molecular flexibility index (Phi) is 7.39. The summed E-state index contributed by atoms with van der Waals surface area (Å²) in [6, 6.07) is 0.212. The smallest absolute Gasteiger partial charge is 0.0758 e. The summed E-state index contributed by atoms with van der Waals surface area (Å²) in [5.41, 5.74) is 5.16. The number of halogens is 2. The van der Waals surface area contributed by atoms with Crippen molar-refractivity contribution in [1.82, 2.24) is 4.90 Å². The molecule has 1 heterocycles. The number of nitrogens with two attached hydrogens (primary N) is 1. The predicted octanol–water partition coefficient (Wildman–Crippen LogP) is 0.634. The van der Waals surface area contributed by atoms with Crippen molar-refractivity contribution in [3.8, 4) is 0 Å². The van der Waals surface area contributed by atoms with Crippen molar-refractivity contribution >= 4 is 24.8 Å². The van der Waals surface area contributed by atoms with E-state index in [4.69, 9.17) is 5.73 Å². The molecular formula is C8H20Cl2N2O. The number of hydrogen-bond acceptors (Lipinski definition) is 3. The number of nitrogens with zero attached hydrogens (tertiary/aromatic N) is 1. The third kappa shape index (κ3) is 5.70. The van der Waals surface area contributed by atoms with Gasteiger partial charge in [0.1, 0.15) is 0 Å². The molecule has 1 fully saturated rings. The van der Waals surface area contributed by atoms with Crippen LogP contribution in [-0.4, -0.2) is 41.3 Å². The topological polar surface area (TPSA) is 49.5 Å². The molecular weight excluding hydrogens is 211 g/mol. The van der Waals surface area contributed by atoms with Gasteiger partial charge in [0.15, 0.2) is 0 Å². The Morgan fingerprint density at radius 2 is 2.08 bits per heavy atom. The van der Waals surface area contributed by atoms with Gasteiger partial charge >= 0.3 is 0 Å². The first-order valence-corrected chi connectivity index (χ1v) is 4.20. The van der Waals surface area contributed by atoms with E-state index in [0.29, 0.717) is 0 Å². The SMILES string of the molecule is C[C@H](N)CN1CC[C@](C)(O)C1.Cl.Cl. The van der Waals surface area contributed by atoms with Crippen molar-refractivity contribution < 1.29 is 5.11 Å². The fourth-order valence-corrected chi connectivity index (χ4v) is 1.60. The standard InChI is InChI=1S/C8H18N2O.2ClH/c1-7(9)5-10-4-3-8(2,11)6-10;;/h7,11H,3-6,9H2,1-2H3;2*1H/t7-,8-;;/m0../s1. The van der Waals surface area contributed by atoms with Gasteiger partial charge in [0.05, 0.1) is 5.60 Å². The molecule has 3 nitrogen and oxygen atoms in total. The zero-order valence-corrected chi connectivity index (χ0v) is 9.83. The summed E-state index contributed by atoms with van der Waals surface area (Å²) in [6.45, 7) is 6.53. The molecule has 0 aromatic rings. The molecule has 1 aliphatic heterocycles. The molecule has 0 spiro atoms. The van der Waals surface area contributed by atoms with Crippen molar-refractivity contribution in [2.45, 2.75) is 31.9 Å². The van der Waals surface area contributed by atoms with Crippen molar-refractivity contribution in [2.24, 2.45) is 5.73 Å². The maximum absolute atomic E-state index is 9.60. The zero-order chi connectivity index (χ0) is 8.48. The van der Waals surface area contributed by atoms with Crippen LogP contribution in [0.25, 0.3) is 0 Å². The molecule has 3 N–H and O–H groups in total. The summed E-state index contributed by atoms with van der Waals surface area (Å²) in [5.74, 6) is 0. The Morgan fingerprint density at radius 1 is 1.54 bits per heavy atom. The highest BCUT2D eigenvalue weighted by Crippen LogP contribution is 2.19. The van der Waals surface area contributed by atoms with Gasteiger partial charge in [-0.15, -0.1) is 24.8 Å². The molecule has 13 heavy (non-hydrogen) atoms. The Hall–Kier alpha value is 0.460. The molecule has 82 valence electrons. The lowest BCUT2D eigenvalue weighted by Gasteiger charge is -2.20. The molecule has 0 saturated carbocycles. The maximum Gasteiger partial charge on any atom is 0.0758 e. The lowest BCUT2D eigenvalue weighted by Crippen LogP contribution is -2.36. The first-order valence-electron chi connectivity index (χ1n) is 4.20. The summed E-state index contributed by atoms with van der Waals surface area (Å²) >= 11 is 0. The number of rotatable bonds is 2. The molecule has 0 bridgehead atoms. The molecule has 0 radical (unpaired) electrons. The van der Waals surface area contributed by atoms with Crippen LogP contribution in [0.2, 0.25) is 0 Å². The van der Waals surface area contributed by atoms with Crippen molar-refractivity contribution in [1.29, 1.82) is 0 Å². The average Bonchev–Trinajstić information content (AvgIpc) is 2.08. The third-order valence-corrected chi connectivity index (χ3v) is 2.08. The summed E-state index contributed by atoms with van der Waals surface area (Å²) < 4.78 is 0. The van der Waals surface area contributed by atoms with Crippen LogP contribution < -0.4 is 5.73 Å². The number of hydrogen-bond donors (Lipinski definition) is 2. The normalized spacial score (nSPS) is 30.5. The minimum Gasteiger partial charge on any atom is -0.389 e. The van der Waals surface area contributed by atoms with Gasteiger partial charge in [-0.1, -0.05) is 0 Å². The molecule has 0 aliphatic carbocycles. The van der Waals surface area contributed by atoms with Gasteiger partial charge in [-0.05, 0) is 20.3 Å². The Morgan fingerprint density at radius 3 is 2.38 bits per heavy atom. The molecule has 1 rings (SSSR count). The molecule has 2 atom stereocenters. The lowest BCUT2D eigenvalue weighted by molar-refractivity contribution is 0.0683. The highest BCUT2D eigenvalue weighted by molar-refractivity contribution is 5.85. The highest BCUT2D eigenvalue weighted by atomic mass is 35.5.